The predicted molar refractivity (Wildman–Crippen MR) is 262 cm³/mol. The van der Waals surface area contributed by atoms with Gasteiger partial charge in [-0.05, 0) is 0 Å². The van der Waals surface area contributed by atoms with Gasteiger partial charge in [0.2, 0.25) is 23.6 Å². The van der Waals surface area contributed by atoms with Gasteiger partial charge < -0.3 is 102 Å². The lowest BCUT2D eigenvalue weighted by molar-refractivity contribution is -0.123. The number of carbonyl (C=O) groups excluding carboxylic acids is 4. The molecule has 0 fully saturated rings. The maximum atomic E-state index is 12.4. The Morgan fingerprint density at radius 1 is 0.384 bits per heavy atom. The Labute approximate surface area is 423 Å². The van der Waals surface area contributed by atoms with Gasteiger partial charge in [-0.25, -0.2) is 19.9 Å². The van der Waals surface area contributed by atoms with Gasteiger partial charge in [-0.2, -0.15) is 0 Å². The molecule has 0 aliphatic rings. The molecular weight excluding hydrogens is 957 g/mol. The van der Waals surface area contributed by atoms with Crippen LogP contribution in [0.5, 0.6) is 0 Å². The molecule has 4 rings (SSSR count). The molecular formula is C45H76N16O12. The van der Waals surface area contributed by atoms with Gasteiger partial charge in [0, 0.05) is 99.4 Å². The zero-order chi connectivity index (χ0) is 52.2. The highest BCUT2D eigenvalue weighted by Gasteiger charge is 2.33. The van der Waals surface area contributed by atoms with Crippen LogP contribution in [-0.4, -0.2) is 220 Å². The lowest BCUT2D eigenvalue weighted by Gasteiger charge is -2.33. The normalized spacial score (nSPS) is 14.0. The molecule has 0 aliphatic carbocycles. The number of rotatable bonds is 44. The quantitative estimate of drug-likeness (QED) is 0.0187. The van der Waals surface area contributed by atoms with Gasteiger partial charge >= 0.3 is 0 Å². The summed E-state index contributed by atoms with van der Waals surface area (Å²) >= 11 is 0. The van der Waals surface area contributed by atoms with Crippen LogP contribution in [0.15, 0.2) is 50.1 Å². The number of aromatic amines is 4. The minimum atomic E-state index is -0.838. The number of aromatic nitrogens is 8. The molecule has 28 heteroatoms. The highest BCUT2D eigenvalue weighted by atomic mass is 16.6. The van der Waals surface area contributed by atoms with Gasteiger partial charge in [0.15, 0.2) is 0 Å². The Balaban J connectivity index is 1.23. The second-order valence-electron chi connectivity index (χ2n) is 16.9. The summed E-state index contributed by atoms with van der Waals surface area (Å²) in [6, 6.07) is -2.96. The van der Waals surface area contributed by atoms with E-state index in [1.54, 1.807) is 24.8 Å². The maximum absolute atomic E-state index is 12.4. The molecule has 4 amide bonds. The molecule has 0 saturated heterocycles. The van der Waals surface area contributed by atoms with Crippen LogP contribution in [0.2, 0.25) is 0 Å². The topological polar surface area (TPSA) is 409 Å². The van der Waals surface area contributed by atoms with Crippen LogP contribution < -0.4 is 44.2 Å². The third-order valence-electron chi connectivity index (χ3n) is 10.6. The molecule has 0 radical (unpaired) electrons. The van der Waals surface area contributed by atoms with E-state index < -0.39 is 29.6 Å². The van der Waals surface area contributed by atoms with Crippen LogP contribution in [0, 0.1) is 5.41 Å². The van der Waals surface area contributed by atoms with E-state index in [0.29, 0.717) is 25.7 Å². The molecule has 0 aliphatic heterocycles. The van der Waals surface area contributed by atoms with E-state index >= 15 is 0 Å². The average molecular weight is 1030 g/mol. The zero-order valence-corrected chi connectivity index (χ0v) is 41.4. The molecule has 0 bridgehead atoms. The summed E-state index contributed by atoms with van der Waals surface area (Å²) in [5.74, 6) is -1.23. The summed E-state index contributed by atoms with van der Waals surface area (Å²) in [5.41, 5.74) is 26.3. The van der Waals surface area contributed by atoms with Crippen LogP contribution >= 0.6 is 0 Å². The number of hydrogen-bond acceptors (Lipinski definition) is 20. The van der Waals surface area contributed by atoms with E-state index in [2.05, 4.69) is 61.1 Å². The van der Waals surface area contributed by atoms with Crippen molar-refractivity contribution in [3.8, 4) is 0 Å². The van der Waals surface area contributed by atoms with Crippen LogP contribution in [-0.2, 0) is 82.8 Å². The van der Waals surface area contributed by atoms with Crippen LogP contribution in [0.4, 0.5) is 0 Å². The van der Waals surface area contributed by atoms with Crippen molar-refractivity contribution >= 4 is 23.6 Å². The maximum Gasteiger partial charge on any atom is 0.237 e. The second-order valence-corrected chi connectivity index (χ2v) is 16.9. The van der Waals surface area contributed by atoms with Gasteiger partial charge in [-0.1, -0.05) is 0 Å². The minimum absolute atomic E-state index is 0.138. The first kappa shape index (κ1) is 59.8. The SMILES string of the molecule is NC(Cc1cnc[nH]1)C(=O)NCCOCCOCC(COCCOCCNC(=O)C(N)Cc1cnc[nH]1)(COCCOCCNC(=O)C(N)Cc1cnc[nH]1)COCCOCCNC(=O)C(N)Cc1cnc[nH]1. The molecule has 4 aromatic heterocycles. The fraction of sp³-hybridized carbons (Fsp3) is 0.644. The average Bonchev–Trinajstić information content (AvgIpc) is 4.26. The smallest absolute Gasteiger partial charge is 0.237 e. The molecule has 16 N–H and O–H groups in total. The van der Waals surface area contributed by atoms with Crippen molar-refractivity contribution in [2.45, 2.75) is 49.9 Å². The van der Waals surface area contributed by atoms with Crippen molar-refractivity contribution in [2.24, 2.45) is 28.3 Å². The molecule has 0 spiro atoms. The molecule has 4 aromatic rings. The zero-order valence-electron chi connectivity index (χ0n) is 41.4. The van der Waals surface area contributed by atoms with Crippen molar-refractivity contribution in [3.05, 3.63) is 72.9 Å². The third-order valence-corrected chi connectivity index (χ3v) is 10.6. The third kappa shape index (κ3) is 26.2. The lowest BCUT2D eigenvalue weighted by atomic mass is 9.92. The molecule has 28 nitrogen and oxygen atoms in total. The number of hydrogen-bond donors (Lipinski definition) is 12. The number of imidazole rings is 4. The predicted octanol–water partition coefficient (Wildman–Crippen LogP) is -4.26. The first-order chi connectivity index (χ1) is 35.5. The van der Waals surface area contributed by atoms with E-state index in [9.17, 15) is 19.2 Å². The van der Waals surface area contributed by atoms with Gasteiger partial charge in [0.1, 0.15) is 0 Å². The summed E-state index contributed by atoms with van der Waals surface area (Å²) < 4.78 is 47.4. The molecule has 73 heavy (non-hydrogen) atoms. The van der Waals surface area contributed by atoms with E-state index in [1.807, 2.05) is 0 Å². The fourth-order valence-electron chi connectivity index (χ4n) is 6.70. The fourth-order valence-corrected chi connectivity index (χ4v) is 6.70. The Kier molecular flexibility index (Phi) is 29.7. The van der Waals surface area contributed by atoms with Crippen molar-refractivity contribution in [1.29, 1.82) is 0 Å². The number of nitrogens with zero attached hydrogens (tertiary/aromatic N) is 4. The standard InChI is InChI=1S/C45H76N16O12/c46-37(17-33-21-50-29-58-33)41(62)54-1-5-66-9-13-70-25-45(26-71-14-10-67-6-2-55-42(63)38(47)18-34-22-51-30-59-34,27-72-15-11-68-7-3-56-43(64)39(48)19-35-23-52-31-60-35)28-73-16-12-69-8-4-57-44(65)40(49)20-36-24-53-32-61-36/h21-24,29-32,37-40H,1-20,25-28,46-49H2,(H,50,58)(H,51,59)(H,52,60)(H,53,61)(H,54,62)(H,55,63)(H,56,64)(H,57,65). The van der Waals surface area contributed by atoms with Crippen molar-refractivity contribution in [1.82, 2.24) is 61.1 Å². The molecule has 4 atom stereocenters. The van der Waals surface area contributed by atoms with Crippen LogP contribution in [0.25, 0.3) is 0 Å². The molecule has 4 heterocycles. The van der Waals surface area contributed by atoms with E-state index in [4.69, 9.17) is 60.8 Å². The van der Waals surface area contributed by atoms with Gasteiger partial charge in [0.05, 0.1) is 161 Å². The van der Waals surface area contributed by atoms with Gasteiger partial charge in [-0.3, -0.25) is 19.2 Å². The Morgan fingerprint density at radius 2 is 0.603 bits per heavy atom. The minimum Gasteiger partial charge on any atom is -0.378 e. The summed E-state index contributed by atoms with van der Waals surface area (Å²) in [4.78, 5) is 77.2. The Bertz CT molecular complexity index is 1730. The Hall–Kier alpha value is -5.76. The summed E-state index contributed by atoms with van der Waals surface area (Å²) in [5, 5.41) is 11.1. The molecule has 0 aromatic carbocycles. The number of H-pyrrole nitrogens is 4. The van der Waals surface area contributed by atoms with E-state index in [0.717, 1.165) is 22.8 Å². The largest absolute Gasteiger partial charge is 0.378 e. The number of ether oxygens (including phenoxy) is 8. The van der Waals surface area contributed by atoms with Gasteiger partial charge in [-0.15, -0.1) is 0 Å². The summed E-state index contributed by atoms with van der Waals surface area (Å²) in [6.07, 6.45) is 13.9. The highest BCUT2D eigenvalue weighted by molar-refractivity contribution is 5.83. The summed E-state index contributed by atoms with van der Waals surface area (Å²) in [7, 11) is 0. The van der Waals surface area contributed by atoms with Gasteiger partial charge in [0.25, 0.3) is 0 Å². The van der Waals surface area contributed by atoms with Crippen molar-refractivity contribution in [3.63, 3.8) is 0 Å². The molecule has 408 valence electrons. The first-order valence-electron chi connectivity index (χ1n) is 24.2. The number of carbonyl (C=O) groups is 4. The Morgan fingerprint density at radius 3 is 0.808 bits per heavy atom. The molecule has 4 unspecified atom stereocenters. The first-order valence-corrected chi connectivity index (χ1v) is 24.2. The number of nitrogens with one attached hydrogen (secondary N) is 8. The lowest BCUT2D eigenvalue weighted by Crippen LogP contribution is -2.43. The monoisotopic (exact) mass is 1030 g/mol. The molecule has 0 saturated carbocycles. The van der Waals surface area contributed by atoms with E-state index in [-0.39, 0.29) is 156 Å². The summed E-state index contributed by atoms with van der Waals surface area (Å²) in [6.45, 7) is 4.23. The van der Waals surface area contributed by atoms with E-state index in [1.165, 1.54) is 25.3 Å². The number of amides is 4. The van der Waals surface area contributed by atoms with Crippen LogP contribution in [0.3, 0.4) is 0 Å². The van der Waals surface area contributed by atoms with Crippen molar-refractivity contribution in [2.75, 3.05) is 132 Å². The van der Waals surface area contributed by atoms with Crippen LogP contribution in [0.1, 0.15) is 22.8 Å². The number of nitrogens with two attached hydrogens (primary N) is 4. The van der Waals surface area contributed by atoms with Crippen molar-refractivity contribution < 1.29 is 57.1 Å². The highest BCUT2D eigenvalue weighted by Crippen LogP contribution is 2.21. The second kappa shape index (κ2) is 36.2.